The molecule has 3 nitrogen and oxygen atoms in total. The van der Waals surface area contributed by atoms with Crippen LogP contribution in [0.4, 0.5) is 4.39 Å². The van der Waals surface area contributed by atoms with Crippen LogP contribution in [0, 0.1) is 5.82 Å². The van der Waals surface area contributed by atoms with Crippen LogP contribution < -0.4 is 0 Å². The van der Waals surface area contributed by atoms with E-state index in [1.807, 2.05) is 6.92 Å². The topological polar surface area (TPSA) is 21.1 Å². The normalized spacial score (nSPS) is 21.8. The third kappa shape index (κ3) is 2.36. The van der Waals surface area contributed by atoms with Crippen molar-refractivity contribution >= 4 is 38.6 Å². The molecule has 1 fully saturated rings. The number of hydrogen-bond acceptors (Lipinski definition) is 2. The molecular weight excluding hydrogens is 345 g/mol. The zero-order valence-corrected chi connectivity index (χ0v) is 13.7. The van der Waals surface area contributed by atoms with Crippen LogP contribution >= 0.6 is 27.5 Å². The Labute approximate surface area is 130 Å². The smallest absolute Gasteiger partial charge is 0.139 e. The van der Waals surface area contributed by atoms with E-state index in [2.05, 4.69) is 37.4 Å². The molecule has 0 spiro atoms. The van der Waals surface area contributed by atoms with Crippen molar-refractivity contribution in [3.63, 3.8) is 0 Å². The Balaban J connectivity index is 2.21. The first-order valence-electron chi connectivity index (χ1n) is 6.67. The van der Waals surface area contributed by atoms with Crippen molar-refractivity contribution in [1.29, 1.82) is 0 Å². The highest BCUT2D eigenvalue weighted by Gasteiger charge is 2.27. The molecule has 20 heavy (non-hydrogen) atoms. The van der Waals surface area contributed by atoms with Crippen LogP contribution in [0.5, 0.6) is 0 Å². The van der Waals surface area contributed by atoms with Crippen LogP contribution in [0.2, 0.25) is 0 Å². The summed E-state index contributed by atoms with van der Waals surface area (Å²) in [5.41, 5.74) is 1.61. The van der Waals surface area contributed by atoms with Crippen LogP contribution in [0.25, 0.3) is 11.0 Å². The van der Waals surface area contributed by atoms with Gasteiger partial charge in [0.05, 0.1) is 20.9 Å². The monoisotopic (exact) mass is 359 g/mol. The van der Waals surface area contributed by atoms with E-state index in [1.165, 1.54) is 6.07 Å². The summed E-state index contributed by atoms with van der Waals surface area (Å²) in [4.78, 5) is 6.82. The molecule has 0 N–H and O–H groups in total. The third-order valence-electron chi connectivity index (χ3n) is 3.85. The fourth-order valence-electron chi connectivity index (χ4n) is 2.90. The molecule has 0 aliphatic carbocycles. The number of imidazole rings is 1. The van der Waals surface area contributed by atoms with Gasteiger partial charge in [-0.2, -0.15) is 0 Å². The Morgan fingerprint density at radius 3 is 2.85 bits per heavy atom. The second kappa shape index (κ2) is 5.28. The van der Waals surface area contributed by atoms with Gasteiger partial charge in [-0.15, -0.1) is 11.6 Å². The second-order valence-electron chi connectivity index (χ2n) is 5.42. The predicted octanol–water partition coefficient (Wildman–Crippen LogP) is 4.11. The molecule has 108 valence electrons. The summed E-state index contributed by atoms with van der Waals surface area (Å²) in [7, 11) is 2.11. The molecule has 0 saturated carbocycles. The summed E-state index contributed by atoms with van der Waals surface area (Å²) in [6.45, 7) is 3.93. The largest absolute Gasteiger partial charge is 0.322 e. The average molecular weight is 361 g/mol. The molecule has 2 aromatic rings. The van der Waals surface area contributed by atoms with Crippen LogP contribution in [0.3, 0.4) is 0 Å². The number of fused-ring (bicyclic) bond motifs is 1. The fourth-order valence-corrected chi connectivity index (χ4v) is 3.38. The standard InChI is InChI=1S/C14H16BrClFN3/c1-8(16)14-18-12-6-11(17)10(15)5-13(12)20(14)9-3-4-19(2)7-9/h5-6,8-9H,3-4,7H2,1-2H3. The molecule has 1 aromatic heterocycles. The van der Waals surface area contributed by atoms with Crippen molar-refractivity contribution in [1.82, 2.24) is 14.5 Å². The van der Waals surface area contributed by atoms with Crippen LogP contribution in [0.1, 0.15) is 30.6 Å². The first-order valence-corrected chi connectivity index (χ1v) is 7.90. The fraction of sp³-hybridized carbons (Fsp3) is 0.500. The molecule has 2 atom stereocenters. The number of likely N-dealkylation sites (N-methyl/N-ethyl adjacent to an activating group) is 1. The van der Waals surface area contributed by atoms with Gasteiger partial charge in [0.1, 0.15) is 11.6 Å². The van der Waals surface area contributed by atoms with Gasteiger partial charge in [0.25, 0.3) is 0 Å². The Hall–Kier alpha value is -0.650. The van der Waals surface area contributed by atoms with E-state index in [4.69, 9.17) is 11.6 Å². The Kier molecular flexibility index (Phi) is 3.77. The Morgan fingerprint density at radius 2 is 2.25 bits per heavy atom. The van der Waals surface area contributed by atoms with Gasteiger partial charge < -0.3 is 9.47 Å². The number of alkyl halides is 1. The first kappa shape index (κ1) is 14.3. The first-order chi connectivity index (χ1) is 9.47. The number of rotatable bonds is 2. The minimum absolute atomic E-state index is 0.199. The molecule has 6 heteroatoms. The second-order valence-corrected chi connectivity index (χ2v) is 6.92. The van der Waals surface area contributed by atoms with E-state index in [9.17, 15) is 4.39 Å². The van der Waals surface area contributed by atoms with Gasteiger partial charge in [-0.1, -0.05) is 0 Å². The summed E-state index contributed by atoms with van der Waals surface area (Å²) in [6, 6.07) is 3.62. The Morgan fingerprint density at radius 1 is 1.50 bits per heavy atom. The van der Waals surface area contributed by atoms with Crippen molar-refractivity contribution < 1.29 is 4.39 Å². The Bertz CT molecular complexity index is 655. The van der Waals surface area contributed by atoms with Crippen LogP contribution in [-0.2, 0) is 0 Å². The van der Waals surface area contributed by atoms with E-state index in [0.29, 0.717) is 16.0 Å². The summed E-state index contributed by atoms with van der Waals surface area (Å²) < 4.78 is 16.3. The van der Waals surface area contributed by atoms with Crippen molar-refractivity contribution in [3.8, 4) is 0 Å². The predicted molar refractivity (Wildman–Crippen MR) is 82.8 cm³/mol. The molecule has 3 rings (SSSR count). The van der Waals surface area contributed by atoms with E-state index >= 15 is 0 Å². The highest BCUT2D eigenvalue weighted by molar-refractivity contribution is 9.10. The zero-order chi connectivity index (χ0) is 14.4. The van der Waals surface area contributed by atoms with E-state index in [0.717, 1.165) is 30.9 Å². The number of aromatic nitrogens is 2. The lowest BCUT2D eigenvalue weighted by Gasteiger charge is -2.18. The van der Waals surface area contributed by atoms with Crippen LogP contribution in [0.15, 0.2) is 16.6 Å². The number of nitrogens with zero attached hydrogens (tertiary/aromatic N) is 3. The maximum atomic E-state index is 13.7. The highest BCUT2D eigenvalue weighted by Crippen LogP contribution is 2.33. The van der Waals surface area contributed by atoms with Crippen molar-refractivity contribution in [2.45, 2.75) is 24.8 Å². The van der Waals surface area contributed by atoms with Gasteiger partial charge in [0, 0.05) is 18.7 Å². The molecule has 1 aliphatic rings. The van der Waals surface area contributed by atoms with Gasteiger partial charge in [0.2, 0.25) is 0 Å². The van der Waals surface area contributed by atoms with E-state index in [1.54, 1.807) is 6.07 Å². The summed E-state index contributed by atoms with van der Waals surface area (Å²) in [5, 5.41) is -0.199. The summed E-state index contributed by atoms with van der Waals surface area (Å²) in [6.07, 6.45) is 1.06. The molecule has 2 heterocycles. The summed E-state index contributed by atoms with van der Waals surface area (Å²) >= 11 is 9.53. The van der Waals surface area contributed by atoms with Crippen molar-refractivity contribution in [2.75, 3.05) is 20.1 Å². The quantitative estimate of drug-likeness (QED) is 0.751. The van der Waals surface area contributed by atoms with Crippen molar-refractivity contribution in [3.05, 3.63) is 28.2 Å². The zero-order valence-electron chi connectivity index (χ0n) is 11.4. The molecule has 1 aliphatic heterocycles. The molecule has 2 unspecified atom stereocenters. The van der Waals surface area contributed by atoms with Gasteiger partial charge >= 0.3 is 0 Å². The molecule has 1 saturated heterocycles. The minimum Gasteiger partial charge on any atom is -0.322 e. The lowest BCUT2D eigenvalue weighted by Crippen LogP contribution is -2.18. The summed E-state index contributed by atoms with van der Waals surface area (Å²) in [5.74, 6) is 0.527. The van der Waals surface area contributed by atoms with Gasteiger partial charge in [-0.25, -0.2) is 9.37 Å². The number of benzene rings is 1. The van der Waals surface area contributed by atoms with Gasteiger partial charge in [-0.3, -0.25) is 0 Å². The number of hydrogen-bond donors (Lipinski definition) is 0. The highest BCUT2D eigenvalue weighted by atomic mass is 79.9. The lowest BCUT2D eigenvalue weighted by molar-refractivity contribution is 0.392. The molecule has 1 aromatic carbocycles. The van der Waals surface area contributed by atoms with E-state index in [-0.39, 0.29) is 11.2 Å². The van der Waals surface area contributed by atoms with Gasteiger partial charge in [0.15, 0.2) is 0 Å². The van der Waals surface area contributed by atoms with Crippen molar-refractivity contribution in [2.24, 2.45) is 0 Å². The van der Waals surface area contributed by atoms with Crippen LogP contribution in [-0.4, -0.2) is 34.6 Å². The average Bonchev–Trinajstić information content (AvgIpc) is 2.94. The van der Waals surface area contributed by atoms with Gasteiger partial charge in [-0.05, 0) is 48.9 Å². The SMILES string of the molecule is CC(Cl)c1nc2cc(F)c(Br)cc2n1C1CCN(C)C1. The van der Waals surface area contributed by atoms with E-state index < -0.39 is 0 Å². The number of likely N-dealkylation sites (tertiary alicyclic amines) is 1. The lowest BCUT2D eigenvalue weighted by atomic mass is 10.2. The molecule has 0 bridgehead atoms. The molecule has 0 amide bonds. The maximum absolute atomic E-state index is 13.7. The number of halogens is 3. The molecule has 0 radical (unpaired) electrons. The minimum atomic E-state index is -0.292. The molecular formula is C14H16BrClFN3. The third-order valence-corrected chi connectivity index (χ3v) is 4.65. The maximum Gasteiger partial charge on any atom is 0.139 e.